The van der Waals surface area contributed by atoms with Crippen LogP contribution in [0.1, 0.15) is 0 Å². The standard InChI is InChI=1S/C5H7F3NO2/c6-5(7,8)11-4-3-10-2-1-9-4/h4H,1-3H2. The van der Waals surface area contributed by atoms with Crippen LogP contribution in [0.25, 0.3) is 0 Å². The molecule has 65 valence electrons. The van der Waals surface area contributed by atoms with Crippen molar-refractivity contribution in [2.24, 2.45) is 0 Å². The molecule has 1 heterocycles. The Morgan fingerprint density at radius 1 is 1.45 bits per heavy atom. The van der Waals surface area contributed by atoms with Crippen molar-refractivity contribution in [2.75, 3.05) is 19.8 Å². The smallest absolute Gasteiger partial charge is 0.376 e. The number of nitrogens with zero attached hydrogens (tertiary/aromatic N) is 1. The van der Waals surface area contributed by atoms with Gasteiger partial charge >= 0.3 is 6.36 Å². The Bertz CT molecular complexity index is 121. The van der Waals surface area contributed by atoms with Crippen molar-refractivity contribution >= 4 is 0 Å². The van der Waals surface area contributed by atoms with E-state index in [0.29, 0.717) is 6.61 Å². The van der Waals surface area contributed by atoms with E-state index >= 15 is 0 Å². The molecule has 1 aliphatic heterocycles. The average Bonchev–Trinajstić information content (AvgIpc) is 1.85. The Hall–Kier alpha value is -0.330. The fourth-order valence-electron chi connectivity index (χ4n) is 0.724. The third-order valence-electron chi connectivity index (χ3n) is 1.10. The third-order valence-corrected chi connectivity index (χ3v) is 1.10. The maximum absolute atomic E-state index is 11.5. The molecule has 1 radical (unpaired) electrons. The normalized spacial score (nSPS) is 27.0. The molecule has 0 aromatic carbocycles. The summed E-state index contributed by atoms with van der Waals surface area (Å²) in [4.78, 5) is 0. The summed E-state index contributed by atoms with van der Waals surface area (Å²) < 4.78 is 42.8. The zero-order valence-corrected chi connectivity index (χ0v) is 5.60. The van der Waals surface area contributed by atoms with Crippen LogP contribution in [0.3, 0.4) is 0 Å². The van der Waals surface area contributed by atoms with Crippen LogP contribution in [0.15, 0.2) is 0 Å². The van der Waals surface area contributed by atoms with Gasteiger partial charge in [0, 0.05) is 6.54 Å². The molecule has 0 bridgehead atoms. The second kappa shape index (κ2) is 3.38. The van der Waals surface area contributed by atoms with E-state index in [2.05, 4.69) is 10.1 Å². The van der Waals surface area contributed by atoms with Crippen molar-refractivity contribution in [3.63, 3.8) is 0 Å². The lowest BCUT2D eigenvalue weighted by Crippen LogP contribution is -2.41. The summed E-state index contributed by atoms with van der Waals surface area (Å²) in [6.45, 7) is 0.526. The van der Waals surface area contributed by atoms with Gasteiger partial charge in [-0.3, -0.25) is 4.74 Å². The lowest BCUT2D eigenvalue weighted by atomic mass is 10.5. The summed E-state index contributed by atoms with van der Waals surface area (Å²) in [7, 11) is 0. The van der Waals surface area contributed by atoms with Crippen LogP contribution in [-0.4, -0.2) is 32.3 Å². The second-order valence-corrected chi connectivity index (χ2v) is 2.00. The maximum atomic E-state index is 11.5. The number of ether oxygens (including phenoxy) is 2. The molecule has 1 saturated heterocycles. The van der Waals surface area contributed by atoms with Gasteiger partial charge in [0.15, 0.2) is 6.23 Å². The van der Waals surface area contributed by atoms with Gasteiger partial charge < -0.3 is 4.74 Å². The fourth-order valence-corrected chi connectivity index (χ4v) is 0.724. The second-order valence-electron chi connectivity index (χ2n) is 2.00. The monoisotopic (exact) mass is 170 g/mol. The Morgan fingerprint density at radius 3 is 2.64 bits per heavy atom. The molecule has 1 atom stereocenters. The lowest BCUT2D eigenvalue weighted by Gasteiger charge is -2.22. The molecule has 6 heteroatoms. The highest BCUT2D eigenvalue weighted by Crippen LogP contribution is 2.18. The highest BCUT2D eigenvalue weighted by molar-refractivity contribution is 4.59. The van der Waals surface area contributed by atoms with Crippen LogP contribution >= 0.6 is 0 Å². The first kappa shape index (κ1) is 8.76. The Labute approximate surface area is 61.5 Å². The first-order chi connectivity index (χ1) is 5.08. The topological polar surface area (TPSA) is 32.6 Å². The number of halogens is 3. The highest BCUT2D eigenvalue weighted by atomic mass is 19.4. The van der Waals surface area contributed by atoms with E-state index in [1.807, 2.05) is 0 Å². The van der Waals surface area contributed by atoms with Crippen molar-refractivity contribution < 1.29 is 22.6 Å². The summed E-state index contributed by atoms with van der Waals surface area (Å²) in [5, 5.41) is 3.55. The van der Waals surface area contributed by atoms with Gasteiger partial charge in [-0.1, -0.05) is 0 Å². The molecule has 1 fully saturated rings. The molecule has 0 aliphatic carbocycles. The zero-order valence-electron chi connectivity index (χ0n) is 5.60. The summed E-state index contributed by atoms with van der Waals surface area (Å²) >= 11 is 0. The van der Waals surface area contributed by atoms with Gasteiger partial charge in [-0.05, 0) is 0 Å². The zero-order chi connectivity index (χ0) is 8.32. The van der Waals surface area contributed by atoms with Gasteiger partial charge in [0.05, 0.1) is 13.2 Å². The number of hydrogen-bond donors (Lipinski definition) is 0. The van der Waals surface area contributed by atoms with Gasteiger partial charge in [-0.2, -0.15) is 0 Å². The van der Waals surface area contributed by atoms with Gasteiger partial charge in [-0.25, -0.2) is 5.32 Å². The van der Waals surface area contributed by atoms with E-state index in [9.17, 15) is 13.2 Å². The minimum Gasteiger partial charge on any atom is -0.376 e. The van der Waals surface area contributed by atoms with Crippen LogP contribution in [0.5, 0.6) is 0 Å². The average molecular weight is 170 g/mol. The molecule has 0 spiro atoms. The van der Waals surface area contributed by atoms with E-state index < -0.39 is 12.6 Å². The largest absolute Gasteiger partial charge is 0.524 e. The summed E-state index contributed by atoms with van der Waals surface area (Å²) in [5.74, 6) is 0. The van der Waals surface area contributed by atoms with E-state index in [4.69, 9.17) is 4.74 Å². The predicted octanol–water partition coefficient (Wildman–Crippen LogP) is 0.483. The summed E-state index contributed by atoms with van der Waals surface area (Å²) in [6.07, 6.45) is -5.79. The summed E-state index contributed by atoms with van der Waals surface area (Å²) in [6, 6.07) is 0. The number of hydrogen-bond acceptors (Lipinski definition) is 2. The van der Waals surface area contributed by atoms with Crippen molar-refractivity contribution in [3.8, 4) is 0 Å². The molecule has 1 unspecified atom stereocenters. The molecule has 0 N–H and O–H groups in total. The number of morpholine rings is 1. The molecular weight excluding hydrogens is 163 g/mol. The minimum atomic E-state index is -4.62. The molecule has 0 aromatic heterocycles. The SMILES string of the molecule is FC(F)(F)OC1COCC[N]1. The molecule has 0 saturated carbocycles. The first-order valence-corrected chi connectivity index (χ1v) is 3.07. The molecule has 0 aromatic rings. The van der Waals surface area contributed by atoms with Crippen LogP contribution < -0.4 is 5.32 Å². The third kappa shape index (κ3) is 3.54. The molecule has 3 nitrogen and oxygen atoms in total. The van der Waals surface area contributed by atoms with E-state index in [1.165, 1.54) is 0 Å². The van der Waals surface area contributed by atoms with Gasteiger partial charge in [0.1, 0.15) is 0 Å². The molecule has 11 heavy (non-hydrogen) atoms. The Kier molecular flexibility index (Phi) is 2.69. The van der Waals surface area contributed by atoms with Crippen LogP contribution in [0, 0.1) is 0 Å². The van der Waals surface area contributed by atoms with Gasteiger partial charge in [0.2, 0.25) is 0 Å². The highest BCUT2D eigenvalue weighted by Gasteiger charge is 2.34. The fraction of sp³-hybridized carbons (Fsp3) is 1.00. The van der Waals surface area contributed by atoms with E-state index in [1.54, 1.807) is 0 Å². The molecular formula is C5H7F3NO2. The maximum Gasteiger partial charge on any atom is 0.524 e. The van der Waals surface area contributed by atoms with Crippen molar-refractivity contribution in [1.82, 2.24) is 5.32 Å². The number of alkyl halides is 3. The quantitative estimate of drug-likeness (QED) is 0.573. The first-order valence-electron chi connectivity index (χ1n) is 3.07. The van der Waals surface area contributed by atoms with Crippen LogP contribution in [0.4, 0.5) is 13.2 Å². The predicted molar refractivity (Wildman–Crippen MR) is 28.7 cm³/mol. The summed E-state index contributed by atoms with van der Waals surface area (Å²) in [5.41, 5.74) is 0. The van der Waals surface area contributed by atoms with E-state index in [-0.39, 0.29) is 13.2 Å². The van der Waals surface area contributed by atoms with Crippen LogP contribution in [-0.2, 0) is 9.47 Å². The molecule has 0 amide bonds. The minimum absolute atomic E-state index is 0.112. The van der Waals surface area contributed by atoms with Gasteiger partial charge in [0.25, 0.3) is 0 Å². The van der Waals surface area contributed by atoms with Gasteiger partial charge in [-0.15, -0.1) is 13.2 Å². The van der Waals surface area contributed by atoms with Crippen molar-refractivity contribution in [3.05, 3.63) is 0 Å². The molecule has 1 aliphatic rings. The van der Waals surface area contributed by atoms with E-state index in [0.717, 1.165) is 0 Å². The Balaban J connectivity index is 2.24. The Morgan fingerprint density at radius 2 is 2.18 bits per heavy atom. The van der Waals surface area contributed by atoms with Crippen molar-refractivity contribution in [2.45, 2.75) is 12.6 Å². The number of rotatable bonds is 1. The lowest BCUT2D eigenvalue weighted by molar-refractivity contribution is -0.353. The van der Waals surface area contributed by atoms with Crippen molar-refractivity contribution in [1.29, 1.82) is 0 Å². The van der Waals surface area contributed by atoms with Crippen LogP contribution in [0.2, 0.25) is 0 Å². The molecule has 1 rings (SSSR count).